The van der Waals surface area contributed by atoms with E-state index in [-0.39, 0.29) is 35.5 Å². The van der Waals surface area contributed by atoms with E-state index in [1.807, 2.05) is 32.0 Å². The van der Waals surface area contributed by atoms with Gasteiger partial charge in [0.1, 0.15) is 0 Å². The number of nitro groups is 1. The minimum absolute atomic E-state index is 0.0602. The molecule has 1 saturated heterocycles. The van der Waals surface area contributed by atoms with Crippen LogP contribution in [0.2, 0.25) is 0 Å². The molecule has 2 aromatic rings. The van der Waals surface area contributed by atoms with Crippen LogP contribution in [-0.2, 0) is 14.8 Å². The zero-order valence-electron chi connectivity index (χ0n) is 17.2. The number of carbonyl (C=O) groups excluding carboxylic acids is 1. The molecule has 1 N–H and O–H groups in total. The van der Waals surface area contributed by atoms with Gasteiger partial charge in [-0.3, -0.25) is 14.9 Å². The molecule has 1 fully saturated rings. The van der Waals surface area contributed by atoms with Crippen LogP contribution in [0.1, 0.15) is 29.5 Å². The van der Waals surface area contributed by atoms with E-state index < -0.39 is 14.9 Å². The van der Waals surface area contributed by atoms with Gasteiger partial charge >= 0.3 is 0 Å². The van der Waals surface area contributed by atoms with Crippen molar-refractivity contribution in [3.63, 3.8) is 0 Å². The Balaban J connectivity index is 1.70. The summed E-state index contributed by atoms with van der Waals surface area (Å²) < 4.78 is 27.4. The summed E-state index contributed by atoms with van der Waals surface area (Å²) >= 11 is 0. The Bertz CT molecular complexity index is 1090. The molecule has 2 aromatic carbocycles. The van der Waals surface area contributed by atoms with Gasteiger partial charge in [-0.05, 0) is 56.4 Å². The highest BCUT2D eigenvalue weighted by molar-refractivity contribution is 7.89. The largest absolute Gasteiger partial charge is 0.326 e. The third-order valence-corrected chi connectivity index (χ3v) is 7.73. The van der Waals surface area contributed by atoms with Crippen molar-refractivity contribution in [3.8, 4) is 0 Å². The SMILES string of the molecule is Cc1ccc([N+](=O)[O-])cc1S(=O)(=O)N1CCC(C(=O)Nc2cccc(C)c2C)CC1. The van der Waals surface area contributed by atoms with Crippen LogP contribution in [0, 0.1) is 36.8 Å². The molecule has 1 amide bonds. The number of piperidine rings is 1. The molecule has 0 bridgehead atoms. The molecule has 3 rings (SSSR count). The van der Waals surface area contributed by atoms with Crippen molar-refractivity contribution in [2.24, 2.45) is 5.92 Å². The molecule has 30 heavy (non-hydrogen) atoms. The summed E-state index contributed by atoms with van der Waals surface area (Å²) in [5, 5.41) is 14.0. The number of amides is 1. The summed E-state index contributed by atoms with van der Waals surface area (Å²) in [4.78, 5) is 23.0. The molecule has 0 unspecified atom stereocenters. The summed E-state index contributed by atoms with van der Waals surface area (Å²) in [7, 11) is -3.87. The number of anilines is 1. The van der Waals surface area contributed by atoms with Crippen LogP contribution in [0.3, 0.4) is 0 Å². The lowest BCUT2D eigenvalue weighted by atomic mass is 9.97. The van der Waals surface area contributed by atoms with Crippen molar-refractivity contribution < 1.29 is 18.1 Å². The molecule has 0 spiro atoms. The van der Waals surface area contributed by atoms with Gasteiger partial charge in [-0.25, -0.2) is 8.42 Å². The van der Waals surface area contributed by atoms with Gasteiger partial charge in [0.2, 0.25) is 15.9 Å². The fraction of sp³-hybridized carbons (Fsp3) is 0.381. The quantitative estimate of drug-likeness (QED) is 0.575. The monoisotopic (exact) mass is 431 g/mol. The number of nitrogens with one attached hydrogen (secondary N) is 1. The average molecular weight is 432 g/mol. The lowest BCUT2D eigenvalue weighted by molar-refractivity contribution is -0.385. The van der Waals surface area contributed by atoms with Crippen LogP contribution in [0.25, 0.3) is 0 Å². The van der Waals surface area contributed by atoms with Crippen LogP contribution < -0.4 is 5.32 Å². The van der Waals surface area contributed by atoms with Crippen LogP contribution >= 0.6 is 0 Å². The fourth-order valence-electron chi connectivity index (χ4n) is 3.60. The van der Waals surface area contributed by atoms with E-state index in [4.69, 9.17) is 0 Å². The summed E-state index contributed by atoms with van der Waals surface area (Å²) in [5.74, 6) is -0.408. The van der Waals surface area contributed by atoms with E-state index in [2.05, 4.69) is 5.32 Å². The second-order valence-electron chi connectivity index (χ2n) is 7.62. The number of nitro benzene ring substituents is 1. The third-order valence-electron chi connectivity index (χ3n) is 5.69. The van der Waals surface area contributed by atoms with E-state index in [0.29, 0.717) is 18.4 Å². The number of sulfonamides is 1. The first-order valence-electron chi connectivity index (χ1n) is 9.73. The molecule has 0 aliphatic carbocycles. The van der Waals surface area contributed by atoms with Gasteiger partial charge < -0.3 is 5.32 Å². The number of non-ortho nitro benzene ring substituents is 1. The normalized spacial score (nSPS) is 15.7. The summed E-state index contributed by atoms with van der Waals surface area (Å²) in [6.07, 6.45) is 0.786. The molecular formula is C21H25N3O5S. The van der Waals surface area contributed by atoms with Gasteiger partial charge in [0, 0.05) is 36.8 Å². The summed E-state index contributed by atoms with van der Waals surface area (Å²) in [6.45, 7) is 5.91. The Hall–Kier alpha value is -2.78. The van der Waals surface area contributed by atoms with Gasteiger partial charge in [-0.15, -0.1) is 0 Å². The van der Waals surface area contributed by atoms with Crippen molar-refractivity contribution in [2.45, 2.75) is 38.5 Å². The molecule has 8 nitrogen and oxygen atoms in total. The smallest absolute Gasteiger partial charge is 0.270 e. The van der Waals surface area contributed by atoms with Crippen LogP contribution in [0.5, 0.6) is 0 Å². The first-order chi connectivity index (χ1) is 14.1. The lowest BCUT2D eigenvalue weighted by Gasteiger charge is -2.31. The predicted octanol–water partition coefficient (Wildman–Crippen LogP) is 3.56. The van der Waals surface area contributed by atoms with Gasteiger partial charge in [-0.1, -0.05) is 18.2 Å². The van der Waals surface area contributed by atoms with E-state index in [9.17, 15) is 23.3 Å². The van der Waals surface area contributed by atoms with Crippen LogP contribution in [-0.4, -0.2) is 36.6 Å². The summed E-state index contributed by atoms with van der Waals surface area (Å²) in [6, 6.07) is 9.54. The molecule has 1 heterocycles. The molecular weight excluding hydrogens is 406 g/mol. The second kappa shape index (κ2) is 8.53. The number of benzene rings is 2. The zero-order chi connectivity index (χ0) is 22.1. The van der Waals surface area contributed by atoms with Gasteiger partial charge in [0.25, 0.3) is 5.69 Å². The van der Waals surface area contributed by atoms with Crippen molar-refractivity contribution in [2.75, 3.05) is 18.4 Å². The van der Waals surface area contributed by atoms with E-state index in [0.717, 1.165) is 22.9 Å². The van der Waals surface area contributed by atoms with E-state index in [1.54, 1.807) is 6.92 Å². The van der Waals surface area contributed by atoms with E-state index >= 15 is 0 Å². The second-order valence-corrected chi connectivity index (χ2v) is 9.53. The maximum absolute atomic E-state index is 13.0. The number of rotatable bonds is 5. The maximum atomic E-state index is 13.0. The average Bonchev–Trinajstić information content (AvgIpc) is 2.71. The molecule has 160 valence electrons. The molecule has 1 aliphatic heterocycles. The van der Waals surface area contributed by atoms with Crippen LogP contribution in [0.4, 0.5) is 11.4 Å². The Morgan fingerprint density at radius 1 is 1.10 bits per heavy atom. The molecule has 0 aromatic heterocycles. The Morgan fingerprint density at radius 3 is 2.40 bits per heavy atom. The van der Waals surface area contributed by atoms with Crippen molar-refractivity contribution in [1.29, 1.82) is 0 Å². The predicted molar refractivity (Wildman–Crippen MR) is 114 cm³/mol. The first-order valence-corrected chi connectivity index (χ1v) is 11.2. The Morgan fingerprint density at radius 2 is 1.77 bits per heavy atom. The highest BCUT2D eigenvalue weighted by Crippen LogP contribution is 2.29. The first kappa shape index (κ1) is 21.9. The molecule has 0 saturated carbocycles. The number of carbonyl (C=O) groups is 1. The molecule has 9 heteroatoms. The highest BCUT2D eigenvalue weighted by atomic mass is 32.2. The molecule has 1 aliphatic rings. The number of hydrogen-bond donors (Lipinski definition) is 1. The number of aryl methyl sites for hydroxylation is 2. The minimum Gasteiger partial charge on any atom is -0.326 e. The van der Waals surface area contributed by atoms with E-state index in [1.165, 1.54) is 16.4 Å². The number of hydrogen-bond acceptors (Lipinski definition) is 5. The van der Waals surface area contributed by atoms with Crippen molar-refractivity contribution in [1.82, 2.24) is 4.31 Å². The van der Waals surface area contributed by atoms with Crippen LogP contribution in [0.15, 0.2) is 41.3 Å². The Kier molecular flexibility index (Phi) is 6.23. The minimum atomic E-state index is -3.87. The number of nitrogens with zero attached hydrogens (tertiary/aromatic N) is 2. The lowest BCUT2D eigenvalue weighted by Crippen LogP contribution is -2.41. The van der Waals surface area contributed by atoms with Gasteiger partial charge in [0.05, 0.1) is 9.82 Å². The van der Waals surface area contributed by atoms with Gasteiger partial charge in [0.15, 0.2) is 0 Å². The van der Waals surface area contributed by atoms with Crippen molar-refractivity contribution >= 4 is 27.3 Å². The fourth-order valence-corrected chi connectivity index (χ4v) is 5.31. The third kappa shape index (κ3) is 4.36. The van der Waals surface area contributed by atoms with Gasteiger partial charge in [-0.2, -0.15) is 4.31 Å². The maximum Gasteiger partial charge on any atom is 0.270 e. The van der Waals surface area contributed by atoms with Crippen molar-refractivity contribution in [3.05, 3.63) is 63.2 Å². The molecule has 0 radical (unpaired) electrons. The Labute approximate surface area is 176 Å². The molecule has 0 atom stereocenters. The summed E-state index contributed by atoms with van der Waals surface area (Å²) in [5.41, 5.74) is 3.05. The standard InChI is InChI=1S/C21H25N3O5S/c1-14-5-4-6-19(16(14)3)22-21(25)17-9-11-23(12-10-17)30(28,29)20-13-18(24(26)27)8-7-15(20)2/h4-8,13,17H,9-12H2,1-3H3,(H,22,25). The topological polar surface area (TPSA) is 110 Å². The highest BCUT2D eigenvalue weighted by Gasteiger charge is 2.33. The zero-order valence-corrected chi connectivity index (χ0v) is 18.0.